The molecule has 4 rings (SSSR count). The maximum absolute atomic E-state index is 13.5. The molecule has 0 bridgehead atoms. The van der Waals surface area contributed by atoms with Gasteiger partial charge in [-0.05, 0) is 80.4 Å². The van der Waals surface area contributed by atoms with E-state index < -0.39 is 0 Å². The standard InChI is InChI=1S/C30H41N3O3/c1-23(2)20-29(34)33-17-9-16-31(3)18-19-32(21-25-11-5-7-14-27(25)33)30(35)22-36-28-15-8-12-24-10-4-6-13-26(24)28/h5,7-8,11-12,14-15,23H,4,6,9-10,13,16-22H2,1-3H3. The van der Waals surface area contributed by atoms with E-state index in [2.05, 4.69) is 31.9 Å². The average Bonchev–Trinajstić information content (AvgIpc) is 2.90. The Labute approximate surface area is 216 Å². The SMILES string of the molecule is CC(C)CC(=O)N1CCCN(C)CCN(C(=O)COc2cccc3c2CCCC3)Cc2ccccc21. The molecule has 194 valence electrons. The van der Waals surface area contributed by atoms with Crippen LogP contribution < -0.4 is 9.64 Å². The number of amides is 2. The molecule has 0 saturated heterocycles. The number of anilines is 1. The summed E-state index contributed by atoms with van der Waals surface area (Å²) < 4.78 is 6.12. The molecule has 6 nitrogen and oxygen atoms in total. The van der Waals surface area contributed by atoms with Crippen LogP contribution in [0.25, 0.3) is 0 Å². The Morgan fingerprint density at radius 3 is 2.47 bits per heavy atom. The lowest BCUT2D eigenvalue weighted by Gasteiger charge is -2.28. The first-order valence-electron chi connectivity index (χ1n) is 13.5. The summed E-state index contributed by atoms with van der Waals surface area (Å²) in [5.74, 6) is 1.27. The zero-order valence-electron chi connectivity index (χ0n) is 22.2. The van der Waals surface area contributed by atoms with Crippen molar-refractivity contribution in [1.29, 1.82) is 0 Å². The Kier molecular flexibility index (Phi) is 9.03. The number of fused-ring (bicyclic) bond motifs is 2. The molecular formula is C30H41N3O3. The molecule has 0 N–H and O–H groups in total. The summed E-state index contributed by atoms with van der Waals surface area (Å²) in [6.45, 7) is 7.62. The Morgan fingerprint density at radius 1 is 0.861 bits per heavy atom. The lowest BCUT2D eigenvalue weighted by atomic mass is 9.91. The number of rotatable bonds is 5. The normalized spacial score (nSPS) is 17.2. The Balaban J connectivity index is 1.54. The van der Waals surface area contributed by atoms with Crippen LogP contribution in [0.2, 0.25) is 0 Å². The van der Waals surface area contributed by atoms with Crippen LogP contribution >= 0.6 is 0 Å². The number of likely N-dealkylation sites (N-methyl/N-ethyl adjacent to an activating group) is 1. The van der Waals surface area contributed by atoms with Crippen LogP contribution in [0.4, 0.5) is 5.69 Å². The van der Waals surface area contributed by atoms with Gasteiger partial charge >= 0.3 is 0 Å². The number of aryl methyl sites for hydroxylation is 1. The highest BCUT2D eigenvalue weighted by Gasteiger charge is 2.24. The minimum Gasteiger partial charge on any atom is -0.483 e. The molecule has 0 spiro atoms. The lowest BCUT2D eigenvalue weighted by Crippen LogP contribution is -2.39. The van der Waals surface area contributed by atoms with Crippen molar-refractivity contribution in [3.63, 3.8) is 0 Å². The fourth-order valence-corrected chi connectivity index (χ4v) is 5.26. The topological polar surface area (TPSA) is 53.1 Å². The minimum atomic E-state index is -0.0223. The van der Waals surface area contributed by atoms with Crippen LogP contribution in [0.3, 0.4) is 0 Å². The van der Waals surface area contributed by atoms with Gasteiger partial charge in [0.2, 0.25) is 5.91 Å². The third-order valence-corrected chi connectivity index (χ3v) is 7.26. The largest absolute Gasteiger partial charge is 0.483 e. The Bertz CT molecular complexity index is 1050. The molecular weight excluding hydrogens is 450 g/mol. The summed E-state index contributed by atoms with van der Waals surface area (Å²) in [6.07, 6.45) is 5.89. The van der Waals surface area contributed by atoms with Crippen molar-refractivity contribution in [2.24, 2.45) is 5.92 Å². The van der Waals surface area contributed by atoms with E-state index in [0.29, 0.717) is 32.0 Å². The third kappa shape index (κ3) is 6.67. The van der Waals surface area contributed by atoms with Gasteiger partial charge in [-0.15, -0.1) is 0 Å². The van der Waals surface area contributed by atoms with Gasteiger partial charge in [0.15, 0.2) is 6.61 Å². The van der Waals surface area contributed by atoms with Crippen molar-refractivity contribution in [3.05, 3.63) is 59.2 Å². The Hall–Kier alpha value is -2.86. The van der Waals surface area contributed by atoms with Gasteiger partial charge in [-0.25, -0.2) is 0 Å². The lowest BCUT2D eigenvalue weighted by molar-refractivity contribution is -0.134. The highest BCUT2D eigenvalue weighted by atomic mass is 16.5. The van der Waals surface area contributed by atoms with Crippen LogP contribution in [0.1, 0.15) is 56.2 Å². The van der Waals surface area contributed by atoms with Gasteiger partial charge in [0, 0.05) is 38.3 Å². The first-order valence-corrected chi connectivity index (χ1v) is 13.5. The molecule has 0 fully saturated rings. The molecule has 0 saturated carbocycles. The smallest absolute Gasteiger partial charge is 0.260 e. The van der Waals surface area contributed by atoms with Crippen LogP contribution in [0.15, 0.2) is 42.5 Å². The number of nitrogens with zero attached hydrogens (tertiary/aromatic N) is 3. The second-order valence-corrected chi connectivity index (χ2v) is 10.6. The van der Waals surface area contributed by atoms with Crippen molar-refractivity contribution in [3.8, 4) is 5.75 Å². The second-order valence-electron chi connectivity index (χ2n) is 10.6. The molecule has 1 heterocycles. The van der Waals surface area contributed by atoms with Gasteiger partial charge in [0.25, 0.3) is 5.91 Å². The number of benzene rings is 2. The maximum Gasteiger partial charge on any atom is 0.260 e. The molecule has 2 aliphatic rings. The molecule has 36 heavy (non-hydrogen) atoms. The quantitative estimate of drug-likeness (QED) is 0.609. The van der Waals surface area contributed by atoms with E-state index in [4.69, 9.17) is 4.74 Å². The summed E-state index contributed by atoms with van der Waals surface area (Å²) in [4.78, 5) is 32.7. The molecule has 2 amide bonds. The van der Waals surface area contributed by atoms with Gasteiger partial charge in [0.1, 0.15) is 5.75 Å². The average molecular weight is 492 g/mol. The van der Waals surface area contributed by atoms with E-state index in [9.17, 15) is 9.59 Å². The highest BCUT2D eigenvalue weighted by Crippen LogP contribution is 2.30. The van der Waals surface area contributed by atoms with Gasteiger partial charge in [-0.3, -0.25) is 9.59 Å². The van der Waals surface area contributed by atoms with Gasteiger partial charge in [-0.2, -0.15) is 0 Å². The van der Waals surface area contributed by atoms with Crippen LogP contribution in [0, 0.1) is 5.92 Å². The fraction of sp³-hybridized carbons (Fsp3) is 0.533. The Morgan fingerprint density at radius 2 is 1.64 bits per heavy atom. The van der Waals surface area contributed by atoms with Crippen molar-refractivity contribution in [2.45, 2.75) is 58.9 Å². The summed E-state index contributed by atoms with van der Waals surface area (Å²) in [5, 5.41) is 0. The molecule has 0 atom stereocenters. The van der Waals surface area contributed by atoms with Crippen molar-refractivity contribution in [2.75, 3.05) is 44.7 Å². The van der Waals surface area contributed by atoms with Crippen LogP contribution in [-0.2, 0) is 29.0 Å². The molecule has 0 unspecified atom stereocenters. The molecule has 6 heteroatoms. The number of carbonyl (C=O) groups is 2. The van der Waals surface area contributed by atoms with Gasteiger partial charge in [0.05, 0.1) is 0 Å². The number of hydrogen-bond donors (Lipinski definition) is 0. The third-order valence-electron chi connectivity index (χ3n) is 7.26. The van der Waals surface area contributed by atoms with Crippen LogP contribution in [0.5, 0.6) is 5.75 Å². The minimum absolute atomic E-state index is 0.0223. The van der Waals surface area contributed by atoms with Gasteiger partial charge in [-0.1, -0.05) is 44.2 Å². The summed E-state index contributed by atoms with van der Waals surface area (Å²) in [5.41, 5.74) is 4.54. The van der Waals surface area contributed by atoms with Crippen LogP contribution in [-0.4, -0.2) is 61.4 Å². The van der Waals surface area contributed by atoms with E-state index in [1.54, 1.807) is 0 Å². The van der Waals surface area contributed by atoms with Crippen molar-refractivity contribution in [1.82, 2.24) is 9.80 Å². The molecule has 1 aliphatic heterocycles. The molecule has 0 aromatic heterocycles. The monoisotopic (exact) mass is 491 g/mol. The maximum atomic E-state index is 13.5. The van der Waals surface area contributed by atoms with E-state index in [1.807, 2.05) is 46.2 Å². The van der Waals surface area contributed by atoms with Crippen molar-refractivity contribution >= 4 is 17.5 Å². The molecule has 0 radical (unpaired) electrons. The second kappa shape index (κ2) is 12.4. The zero-order chi connectivity index (χ0) is 25.5. The summed E-state index contributed by atoms with van der Waals surface area (Å²) >= 11 is 0. The fourth-order valence-electron chi connectivity index (χ4n) is 5.26. The summed E-state index contributed by atoms with van der Waals surface area (Å²) in [7, 11) is 2.08. The number of ether oxygens (including phenoxy) is 1. The predicted molar refractivity (Wildman–Crippen MR) is 144 cm³/mol. The zero-order valence-corrected chi connectivity index (χ0v) is 22.2. The van der Waals surface area contributed by atoms with E-state index in [1.165, 1.54) is 24.0 Å². The van der Waals surface area contributed by atoms with E-state index >= 15 is 0 Å². The number of hydrogen-bond acceptors (Lipinski definition) is 4. The summed E-state index contributed by atoms with van der Waals surface area (Å²) in [6, 6.07) is 14.2. The number of para-hydroxylation sites is 1. The number of carbonyl (C=O) groups excluding carboxylic acids is 2. The first-order chi connectivity index (χ1) is 17.4. The van der Waals surface area contributed by atoms with Crippen molar-refractivity contribution < 1.29 is 14.3 Å². The molecule has 2 aromatic rings. The highest BCUT2D eigenvalue weighted by molar-refractivity contribution is 5.94. The predicted octanol–water partition coefficient (Wildman–Crippen LogP) is 4.69. The van der Waals surface area contributed by atoms with E-state index in [0.717, 1.165) is 49.4 Å². The molecule has 1 aliphatic carbocycles. The van der Waals surface area contributed by atoms with E-state index in [-0.39, 0.29) is 18.4 Å². The molecule has 2 aromatic carbocycles. The van der Waals surface area contributed by atoms with Gasteiger partial charge < -0.3 is 19.4 Å². The first kappa shape index (κ1) is 26.2.